The first-order chi connectivity index (χ1) is 7.79. The maximum Gasteiger partial charge on any atom is 0.269 e. The molecule has 0 aromatic rings. The quantitative estimate of drug-likeness (QED) is 0.724. The van der Waals surface area contributed by atoms with Gasteiger partial charge in [-0.05, 0) is 6.42 Å². The van der Waals surface area contributed by atoms with E-state index in [-0.39, 0.29) is 26.0 Å². The summed E-state index contributed by atoms with van der Waals surface area (Å²) in [4.78, 5) is 16.5. The Kier molecular flexibility index (Phi) is 5.37. The third-order valence-corrected chi connectivity index (χ3v) is 2.77. The standard InChI is InChI=1S/C10H16N2O4.CH4/c13-5-8-3-9(12-16-8)10(14)11-4-7-1-2-15-6-7;/h7-8,13H,1-6H2,(H,11,14);1H4. The molecule has 0 aliphatic carbocycles. The number of hydrogen-bond donors (Lipinski definition) is 2. The molecule has 0 aromatic carbocycles. The van der Waals surface area contributed by atoms with Gasteiger partial charge >= 0.3 is 0 Å². The molecule has 1 saturated heterocycles. The third-order valence-electron chi connectivity index (χ3n) is 2.77. The smallest absolute Gasteiger partial charge is 0.269 e. The number of amides is 1. The van der Waals surface area contributed by atoms with E-state index in [0.717, 1.165) is 13.0 Å². The van der Waals surface area contributed by atoms with E-state index in [4.69, 9.17) is 14.7 Å². The lowest BCUT2D eigenvalue weighted by Crippen LogP contribution is -2.35. The Morgan fingerprint density at radius 3 is 3.00 bits per heavy atom. The molecule has 2 N–H and O–H groups in total. The molecule has 2 aliphatic rings. The average molecular weight is 244 g/mol. The molecule has 0 bridgehead atoms. The predicted octanol–water partition coefficient (Wildman–Crippen LogP) is -0.0876. The lowest BCUT2D eigenvalue weighted by Gasteiger charge is -2.08. The van der Waals surface area contributed by atoms with Gasteiger partial charge in [0.25, 0.3) is 5.91 Å². The van der Waals surface area contributed by atoms with Crippen molar-refractivity contribution in [1.29, 1.82) is 0 Å². The van der Waals surface area contributed by atoms with Crippen LogP contribution in [0.15, 0.2) is 5.16 Å². The Bertz CT molecular complexity index is 287. The van der Waals surface area contributed by atoms with E-state index < -0.39 is 0 Å². The van der Waals surface area contributed by atoms with Gasteiger partial charge in [-0.25, -0.2) is 0 Å². The fourth-order valence-corrected chi connectivity index (χ4v) is 1.74. The molecule has 2 atom stereocenters. The van der Waals surface area contributed by atoms with Gasteiger partial charge in [-0.15, -0.1) is 0 Å². The highest BCUT2D eigenvalue weighted by Crippen LogP contribution is 2.12. The highest BCUT2D eigenvalue weighted by Gasteiger charge is 2.26. The fraction of sp³-hybridized carbons (Fsp3) is 0.818. The van der Waals surface area contributed by atoms with E-state index >= 15 is 0 Å². The number of carbonyl (C=O) groups excluding carboxylic acids is 1. The van der Waals surface area contributed by atoms with Gasteiger partial charge < -0.3 is 20.0 Å². The van der Waals surface area contributed by atoms with Crippen LogP contribution < -0.4 is 5.32 Å². The van der Waals surface area contributed by atoms with Crippen LogP contribution in [0.2, 0.25) is 0 Å². The molecule has 17 heavy (non-hydrogen) atoms. The Hall–Kier alpha value is -1.14. The average Bonchev–Trinajstić information content (AvgIpc) is 2.96. The summed E-state index contributed by atoms with van der Waals surface area (Å²) in [6.07, 6.45) is 1.00. The number of hydrogen-bond acceptors (Lipinski definition) is 5. The first-order valence-corrected chi connectivity index (χ1v) is 5.49. The molecule has 1 amide bonds. The molecule has 2 unspecified atom stereocenters. The molecule has 0 saturated carbocycles. The minimum absolute atomic E-state index is 0. The van der Waals surface area contributed by atoms with Crippen LogP contribution in [-0.4, -0.2) is 49.2 Å². The van der Waals surface area contributed by atoms with Gasteiger partial charge in [-0.2, -0.15) is 0 Å². The Balaban J connectivity index is 0.00000144. The van der Waals surface area contributed by atoms with Crippen LogP contribution in [0.3, 0.4) is 0 Å². The van der Waals surface area contributed by atoms with Gasteiger partial charge in [0.05, 0.1) is 13.2 Å². The second-order valence-electron chi connectivity index (χ2n) is 4.09. The van der Waals surface area contributed by atoms with E-state index in [9.17, 15) is 4.79 Å². The lowest BCUT2D eigenvalue weighted by molar-refractivity contribution is -0.115. The lowest BCUT2D eigenvalue weighted by atomic mass is 10.1. The summed E-state index contributed by atoms with van der Waals surface area (Å²) in [6, 6.07) is 0. The minimum atomic E-state index is -0.365. The molecule has 1 fully saturated rings. The Morgan fingerprint density at radius 1 is 1.59 bits per heavy atom. The molecule has 2 aliphatic heterocycles. The summed E-state index contributed by atoms with van der Waals surface area (Å²) in [7, 11) is 0. The number of nitrogens with one attached hydrogen (secondary N) is 1. The van der Waals surface area contributed by atoms with Crippen molar-refractivity contribution in [1.82, 2.24) is 5.32 Å². The van der Waals surface area contributed by atoms with E-state index in [1.165, 1.54) is 0 Å². The van der Waals surface area contributed by atoms with E-state index in [0.29, 0.717) is 31.2 Å². The van der Waals surface area contributed by atoms with Gasteiger partial charge in [0.1, 0.15) is 5.71 Å². The summed E-state index contributed by atoms with van der Waals surface area (Å²) in [5.74, 6) is 0.198. The van der Waals surface area contributed by atoms with Crippen molar-refractivity contribution in [3.05, 3.63) is 0 Å². The van der Waals surface area contributed by atoms with Crippen LogP contribution in [0, 0.1) is 5.92 Å². The minimum Gasteiger partial charge on any atom is -0.392 e. The van der Waals surface area contributed by atoms with E-state index in [1.54, 1.807) is 0 Å². The number of aliphatic hydroxyl groups excluding tert-OH is 1. The number of aliphatic hydroxyl groups is 1. The summed E-state index contributed by atoms with van der Waals surface area (Å²) >= 11 is 0. The van der Waals surface area contributed by atoms with Crippen molar-refractivity contribution >= 4 is 11.6 Å². The summed E-state index contributed by atoms with van der Waals surface area (Å²) in [5, 5.41) is 15.3. The van der Waals surface area contributed by atoms with Gasteiger partial charge in [0.15, 0.2) is 6.10 Å². The Labute approximate surface area is 101 Å². The number of nitrogens with zero attached hydrogens (tertiary/aromatic N) is 1. The van der Waals surface area contributed by atoms with Gasteiger partial charge in [-0.3, -0.25) is 4.79 Å². The fourth-order valence-electron chi connectivity index (χ4n) is 1.74. The van der Waals surface area contributed by atoms with Gasteiger partial charge in [0, 0.05) is 25.5 Å². The summed E-state index contributed by atoms with van der Waals surface area (Å²) in [6.45, 7) is 1.98. The van der Waals surface area contributed by atoms with Crippen molar-refractivity contribution in [3.63, 3.8) is 0 Å². The Morgan fingerprint density at radius 2 is 2.41 bits per heavy atom. The number of rotatable bonds is 4. The summed E-state index contributed by atoms with van der Waals surface area (Å²) < 4.78 is 5.21. The molecule has 0 radical (unpaired) electrons. The second-order valence-corrected chi connectivity index (χ2v) is 4.09. The zero-order valence-corrected chi connectivity index (χ0v) is 9.02. The second kappa shape index (κ2) is 6.56. The molecule has 2 rings (SSSR count). The van der Waals surface area contributed by atoms with E-state index in [1.807, 2.05) is 0 Å². The zero-order valence-electron chi connectivity index (χ0n) is 9.02. The highest BCUT2D eigenvalue weighted by molar-refractivity contribution is 6.39. The van der Waals surface area contributed by atoms with E-state index in [2.05, 4.69) is 10.5 Å². The van der Waals surface area contributed by atoms with Crippen molar-refractivity contribution in [2.75, 3.05) is 26.4 Å². The number of oxime groups is 1. The maximum atomic E-state index is 11.6. The molecular weight excluding hydrogens is 224 g/mol. The normalized spacial score (nSPS) is 27.0. The first-order valence-electron chi connectivity index (χ1n) is 5.49. The molecule has 2 heterocycles. The van der Waals surface area contributed by atoms with Crippen molar-refractivity contribution < 1.29 is 19.5 Å². The van der Waals surface area contributed by atoms with Crippen LogP contribution in [-0.2, 0) is 14.4 Å². The van der Waals surface area contributed by atoms with Crippen molar-refractivity contribution in [2.45, 2.75) is 26.4 Å². The molecule has 0 spiro atoms. The van der Waals surface area contributed by atoms with Gasteiger partial charge in [-0.1, -0.05) is 12.6 Å². The first kappa shape index (κ1) is 13.9. The number of carbonyl (C=O) groups is 1. The molecule has 98 valence electrons. The van der Waals surface area contributed by atoms with Crippen LogP contribution >= 0.6 is 0 Å². The van der Waals surface area contributed by atoms with Crippen LogP contribution in [0.1, 0.15) is 20.3 Å². The monoisotopic (exact) mass is 244 g/mol. The number of ether oxygens (including phenoxy) is 1. The zero-order chi connectivity index (χ0) is 11.4. The highest BCUT2D eigenvalue weighted by atomic mass is 16.6. The largest absolute Gasteiger partial charge is 0.392 e. The topological polar surface area (TPSA) is 80.2 Å². The maximum absolute atomic E-state index is 11.6. The molecule has 6 heteroatoms. The SMILES string of the molecule is C.O=C(NCC1CCOC1)C1=NOC(CO)C1. The predicted molar refractivity (Wildman–Crippen MR) is 62.7 cm³/mol. The van der Waals surface area contributed by atoms with Crippen LogP contribution in [0.25, 0.3) is 0 Å². The third kappa shape index (κ3) is 3.67. The molecule has 0 aromatic heterocycles. The van der Waals surface area contributed by atoms with Crippen LogP contribution in [0.4, 0.5) is 0 Å². The summed E-state index contributed by atoms with van der Waals surface area (Å²) in [5.41, 5.74) is 0.359. The van der Waals surface area contributed by atoms with Crippen molar-refractivity contribution in [3.8, 4) is 0 Å². The molecular formula is C11H20N2O4. The molecule has 6 nitrogen and oxygen atoms in total. The van der Waals surface area contributed by atoms with Gasteiger partial charge in [0.2, 0.25) is 0 Å². The van der Waals surface area contributed by atoms with Crippen LogP contribution in [0.5, 0.6) is 0 Å². The van der Waals surface area contributed by atoms with Crippen molar-refractivity contribution in [2.24, 2.45) is 11.1 Å².